The van der Waals surface area contributed by atoms with Gasteiger partial charge in [-0.1, -0.05) is 0 Å². The van der Waals surface area contributed by atoms with E-state index in [2.05, 4.69) is 54.6 Å². The third kappa shape index (κ3) is 1.25. The zero-order chi connectivity index (χ0) is 12.1. The summed E-state index contributed by atoms with van der Waals surface area (Å²) in [7, 11) is 0. The Morgan fingerprint density at radius 3 is 2.44 bits per heavy atom. The fraction of sp³-hybridized carbons (Fsp3) is 0. The number of hydrogen-bond acceptors (Lipinski definition) is 1. The van der Waals surface area contributed by atoms with Gasteiger partial charge in [-0.05, 0) is 0 Å². The van der Waals surface area contributed by atoms with E-state index in [1.165, 1.54) is 21.9 Å². The Morgan fingerprint density at radius 2 is 1.50 bits per heavy atom. The molecule has 4 rings (SSSR count). The van der Waals surface area contributed by atoms with E-state index in [0.29, 0.717) is 0 Å². The van der Waals surface area contributed by atoms with E-state index < -0.39 is 14.2 Å². The Labute approximate surface area is 110 Å². The van der Waals surface area contributed by atoms with Crippen LogP contribution >= 0.6 is 0 Å². The molecule has 1 N–H and O–H groups in total. The molecule has 1 aliphatic rings. The van der Waals surface area contributed by atoms with Crippen LogP contribution in [0.4, 0.5) is 0 Å². The molecule has 1 aliphatic heterocycles. The summed E-state index contributed by atoms with van der Waals surface area (Å²) in [4.78, 5) is 0. The Kier molecular flexibility index (Phi) is 2.12. The molecule has 18 heavy (non-hydrogen) atoms. The molecule has 0 fully saturated rings. The number of rotatable bonds is 0. The second-order valence-corrected chi connectivity index (χ2v) is 7.48. The van der Waals surface area contributed by atoms with Crippen molar-refractivity contribution in [3.63, 3.8) is 0 Å². The molecule has 87 valence electrons. The van der Waals surface area contributed by atoms with Crippen LogP contribution in [0.1, 0.15) is 0 Å². The van der Waals surface area contributed by atoms with Gasteiger partial charge in [-0.25, -0.2) is 0 Å². The first kappa shape index (κ1) is 10.3. The third-order valence-corrected chi connectivity index (χ3v) is 6.67. The SMILES string of the molecule is O[Se]1c2ccccc2-c2c1ccc1ccccc21. The summed E-state index contributed by atoms with van der Waals surface area (Å²) in [5, 5.41) is 2.49. The molecule has 0 saturated heterocycles. The van der Waals surface area contributed by atoms with Crippen molar-refractivity contribution in [2.75, 3.05) is 0 Å². The van der Waals surface area contributed by atoms with Crippen molar-refractivity contribution in [3.8, 4) is 11.1 Å². The van der Waals surface area contributed by atoms with Crippen LogP contribution < -0.4 is 8.92 Å². The van der Waals surface area contributed by atoms with Crippen LogP contribution in [0.3, 0.4) is 0 Å². The maximum atomic E-state index is 10.5. The number of hydrogen-bond donors (Lipinski definition) is 1. The minimum atomic E-state index is -1.81. The van der Waals surface area contributed by atoms with Gasteiger partial charge < -0.3 is 0 Å². The second kappa shape index (κ2) is 3.69. The van der Waals surface area contributed by atoms with E-state index in [1.807, 2.05) is 6.07 Å². The monoisotopic (exact) mass is 299 g/mol. The molecule has 0 spiro atoms. The molecule has 3 aromatic carbocycles. The number of fused-ring (bicyclic) bond motifs is 5. The first-order chi connectivity index (χ1) is 8.86. The van der Waals surface area contributed by atoms with E-state index in [1.54, 1.807) is 0 Å². The molecule has 1 nitrogen and oxygen atoms in total. The van der Waals surface area contributed by atoms with E-state index in [-0.39, 0.29) is 0 Å². The van der Waals surface area contributed by atoms with Gasteiger partial charge in [-0.15, -0.1) is 0 Å². The fourth-order valence-electron chi connectivity index (χ4n) is 2.65. The van der Waals surface area contributed by atoms with E-state index in [4.69, 9.17) is 0 Å². The Balaban J connectivity index is 2.19. The molecule has 0 atom stereocenters. The van der Waals surface area contributed by atoms with Crippen LogP contribution in [0.2, 0.25) is 0 Å². The van der Waals surface area contributed by atoms with Crippen LogP contribution in [0, 0.1) is 0 Å². The molecular formula is C16H11OSe. The van der Waals surface area contributed by atoms with Gasteiger partial charge in [0.15, 0.2) is 0 Å². The van der Waals surface area contributed by atoms with Gasteiger partial charge in [0.25, 0.3) is 0 Å². The molecule has 0 aliphatic carbocycles. The van der Waals surface area contributed by atoms with Crippen molar-refractivity contribution in [2.24, 2.45) is 0 Å². The van der Waals surface area contributed by atoms with Crippen LogP contribution in [-0.4, -0.2) is 18.4 Å². The molecule has 0 amide bonds. The normalized spacial score (nSPS) is 13.6. The molecule has 0 aromatic heterocycles. The summed E-state index contributed by atoms with van der Waals surface area (Å²) in [6.07, 6.45) is 0. The first-order valence-corrected chi connectivity index (χ1v) is 8.39. The molecule has 1 heterocycles. The quantitative estimate of drug-likeness (QED) is 0.629. The predicted molar refractivity (Wildman–Crippen MR) is 76.6 cm³/mol. The molecule has 1 radical (unpaired) electrons. The zero-order valence-electron chi connectivity index (χ0n) is 9.63. The van der Waals surface area contributed by atoms with Crippen LogP contribution in [0.15, 0.2) is 60.7 Å². The molecule has 0 saturated carbocycles. The molecule has 0 unspecified atom stereocenters. The van der Waals surface area contributed by atoms with E-state index in [9.17, 15) is 4.19 Å². The topological polar surface area (TPSA) is 20.2 Å². The van der Waals surface area contributed by atoms with Gasteiger partial charge in [0, 0.05) is 0 Å². The third-order valence-electron chi connectivity index (χ3n) is 3.46. The summed E-state index contributed by atoms with van der Waals surface area (Å²) < 4.78 is 12.8. The Hall–Kier alpha value is -1.60. The Morgan fingerprint density at radius 1 is 0.722 bits per heavy atom. The Bertz CT molecular complexity index is 764. The molecule has 0 bridgehead atoms. The van der Waals surface area contributed by atoms with Crippen molar-refractivity contribution in [3.05, 3.63) is 60.7 Å². The first-order valence-electron chi connectivity index (χ1n) is 5.91. The van der Waals surface area contributed by atoms with Gasteiger partial charge in [0.2, 0.25) is 0 Å². The van der Waals surface area contributed by atoms with Crippen molar-refractivity contribution in [1.82, 2.24) is 0 Å². The standard InChI is InChI=1S/C16H11OSe/c17-18-14-8-4-3-7-13(14)16-12-6-2-1-5-11(12)9-10-15(16)18/h1-10,17H. The van der Waals surface area contributed by atoms with Crippen molar-refractivity contribution in [2.45, 2.75) is 0 Å². The summed E-state index contributed by atoms with van der Waals surface area (Å²) in [6.45, 7) is 0. The van der Waals surface area contributed by atoms with Crippen molar-refractivity contribution >= 4 is 33.9 Å². The van der Waals surface area contributed by atoms with Gasteiger partial charge in [-0.2, -0.15) is 0 Å². The van der Waals surface area contributed by atoms with E-state index >= 15 is 0 Å². The minimum absolute atomic E-state index is 1.14. The van der Waals surface area contributed by atoms with Gasteiger partial charge >= 0.3 is 110 Å². The maximum absolute atomic E-state index is 10.5. The van der Waals surface area contributed by atoms with Crippen molar-refractivity contribution in [1.29, 1.82) is 0 Å². The summed E-state index contributed by atoms with van der Waals surface area (Å²) in [6, 6.07) is 20.9. The van der Waals surface area contributed by atoms with Gasteiger partial charge in [0.1, 0.15) is 0 Å². The second-order valence-electron chi connectivity index (χ2n) is 4.44. The predicted octanol–water partition coefficient (Wildman–Crippen LogP) is 1.92. The average Bonchev–Trinajstić information content (AvgIpc) is 2.73. The summed E-state index contributed by atoms with van der Waals surface area (Å²) in [5.74, 6) is 0. The summed E-state index contributed by atoms with van der Waals surface area (Å²) >= 11 is -1.81. The molecule has 3 aromatic rings. The zero-order valence-corrected chi connectivity index (χ0v) is 11.3. The fourth-order valence-corrected chi connectivity index (χ4v) is 5.66. The van der Waals surface area contributed by atoms with Crippen LogP contribution in [0.25, 0.3) is 21.9 Å². The van der Waals surface area contributed by atoms with Crippen molar-refractivity contribution < 1.29 is 4.19 Å². The molecular weight excluding hydrogens is 287 g/mol. The van der Waals surface area contributed by atoms with Crippen LogP contribution in [0.5, 0.6) is 0 Å². The summed E-state index contributed by atoms with van der Waals surface area (Å²) in [5.41, 5.74) is 2.47. The van der Waals surface area contributed by atoms with Gasteiger partial charge in [0.05, 0.1) is 0 Å². The van der Waals surface area contributed by atoms with E-state index in [0.717, 1.165) is 8.92 Å². The van der Waals surface area contributed by atoms with Crippen LogP contribution in [-0.2, 0) is 0 Å². The number of benzene rings is 3. The molecule has 2 heteroatoms. The average molecular weight is 298 g/mol. The van der Waals surface area contributed by atoms with Gasteiger partial charge in [-0.3, -0.25) is 0 Å².